The minimum absolute atomic E-state index is 0.0364. The van der Waals surface area contributed by atoms with Crippen LogP contribution in [-0.2, 0) is 20.6 Å². The molecule has 0 bridgehead atoms. The Morgan fingerprint density at radius 2 is 1.69 bits per heavy atom. The van der Waals surface area contributed by atoms with Crippen molar-refractivity contribution in [2.24, 2.45) is 5.92 Å². The van der Waals surface area contributed by atoms with Gasteiger partial charge >= 0.3 is 0 Å². The van der Waals surface area contributed by atoms with Gasteiger partial charge in [-0.15, -0.1) is 0 Å². The lowest BCUT2D eigenvalue weighted by molar-refractivity contribution is -0.136. The Balaban J connectivity index is 1.56. The second-order valence-electron chi connectivity index (χ2n) is 7.30. The molecule has 1 amide bonds. The third-order valence-corrected chi connectivity index (χ3v) is 7.44. The fourth-order valence-electron chi connectivity index (χ4n) is 3.86. The molecule has 2 saturated heterocycles. The number of sulfonamides is 1. The van der Waals surface area contributed by atoms with Crippen LogP contribution < -0.4 is 0 Å². The number of halogens is 1. The van der Waals surface area contributed by atoms with Gasteiger partial charge in [0.15, 0.2) is 0 Å². The molecule has 0 spiro atoms. The fraction of sp³-hybridized carbons (Fsp3) is 0.632. The Bertz CT molecular complexity index is 722. The van der Waals surface area contributed by atoms with Crippen molar-refractivity contribution in [3.63, 3.8) is 0 Å². The smallest absolute Gasteiger partial charge is 0.225 e. The van der Waals surface area contributed by atoms with Crippen LogP contribution in [0.25, 0.3) is 0 Å². The minimum Gasteiger partial charge on any atom is -0.342 e. The van der Waals surface area contributed by atoms with Crippen molar-refractivity contribution in [1.29, 1.82) is 0 Å². The van der Waals surface area contributed by atoms with E-state index in [4.69, 9.17) is 11.6 Å². The summed E-state index contributed by atoms with van der Waals surface area (Å²) < 4.78 is 26.9. The Morgan fingerprint density at radius 3 is 2.31 bits per heavy atom. The van der Waals surface area contributed by atoms with Gasteiger partial charge in [-0.05, 0) is 43.4 Å². The van der Waals surface area contributed by atoms with Crippen molar-refractivity contribution in [3.05, 3.63) is 34.9 Å². The Labute approximate surface area is 161 Å². The summed E-state index contributed by atoms with van der Waals surface area (Å²) in [5, 5.41) is 0.541. The number of hydrogen-bond acceptors (Lipinski definition) is 3. The molecule has 5 nitrogen and oxygen atoms in total. The van der Waals surface area contributed by atoms with Crippen LogP contribution in [0.4, 0.5) is 0 Å². The van der Waals surface area contributed by atoms with Crippen LogP contribution in [0.5, 0.6) is 0 Å². The molecule has 7 heteroatoms. The van der Waals surface area contributed by atoms with E-state index in [0.717, 1.165) is 25.9 Å². The quantitative estimate of drug-likeness (QED) is 0.781. The average Bonchev–Trinajstić information content (AvgIpc) is 2.90. The number of likely N-dealkylation sites (tertiary alicyclic amines) is 1. The maximum Gasteiger partial charge on any atom is 0.225 e. The molecule has 0 saturated carbocycles. The molecule has 144 valence electrons. The lowest BCUT2D eigenvalue weighted by Gasteiger charge is -2.33. The van der Waals surface area contributed by atoms with Gasteiger partial charge in [-0.25, -0.2) is 12.7 Å². The van der Waals surface area contributed by atoms with Gasteiger partial charge in [0.2, 0.25) is 15.9 Å². The second kappa shape index (κ2) is 8.72. The first-order chi connectivity index (χ1) is 12.5. The Hall–Kier alpha value is -1.11. The summed E-state index contributed by atoms with van der Waals surface area (Å²) in [5.74, 6) is 0.141. The van der Waals surface area contributed by atoms with Crippen molar-refractivity contribution in [2.75, 3.05) is 26.2 Å². The van der Waals surface area contributed by atoms with Crippen molar-refractivity contribution in [1.82, 2.24) is 9.21 Å². The molecule has 0 radical (unpaired) electrons. The molecule has 0 aromatic heterocycles. The summed E-state index contributed by atoms with van der Waals surface area (Å²) in [6.07, 6.45) is 5.79. The minimum atomic E-state index is -3.38. The number of rotatable bonds is 4. The SMILES string of the molecule is O=C(C1CCN(S(=O)(=O)Cc2cccc(Cl)c2)CC1)N1CCCCCC1. The number of benzene rings is 1. The first kappa shape index (κ1) is 19.6. The van der Waals surface area contributed by atoms with E-state index in [1.54, 1.807) is 24.3 Å². The van der Waals surface area contributed by atoms with Crippen LogP contribution in [0.15, 0.2) is 24.3 Å². The number of carbonyl (C=O) groups is 1. The largest absolute Gasteiger partial charge is 0.342 e. The van der Waals surface area contributed by atoms with E-state index in [1.165, 1.54) is 17.1 Å². The van der Waals surface area contributed by atoms with Gasteiger partial charge < -0.3 is 4.90 Å². The summed E-state index contributed by atoms with van der Waals surface area (Å²) in [7, 11) is -3.38. The van der Waals surface area contributed by atoms with Crippen LogP contribution in [0, 0.1) is 5.92 Å². The van der Waals surface area contributed by atoms with Gasteiger partial charge in [-0.2, -0.15) is 0 Å². The molecule has 3 rings (SSSR count). The Kier molecular flexibility index (Phi) is 6.59. The molecule has 0 unspecified atom stereocenters. The van der Waals surface area contributed by atoms with Crippen LogP contribution >= 0.6 is 11.6 Å². The molecule has 0 atom stereocenters. The van der Waals surface area contributed by atoms with Gasteiger partial charge in [0.25, 0.3) is 0 Å². The van der Waals surface area contributed by atoms with E-state index in [9.17, 15) is 13.2 Å². The standard InChI is InChI=1S/C19H27ClN2O3S/c20-18-7-5-6-16(14-18)15-26(24,25)22-12-8-17(9-13-22)19(23)21-10-3-1-2-4-11-21/h5-7,14,17H,1-4,8-13,15H2. The highest BCUT2D eigenvalue weighted by Gasteiger charge is 2.33. The highest BCUT2D eigenvalue weighted by Crippen LogP contribution is 2.25. The van der Waals surface area contributed by atoms with Gasteiger partial charge in [-0.3, -0.25) is 4.79 Å². The normalized spacial score (nSPS) is 20.7. The van der Waals surface area contributed by atoms with Crippen molar-refractivity contribution in [2.45, 2.75) is 44.3 Å². The van der Waals surface area contributed by atoms with Crippen molar-refractivity contribution >= 4 is 27.5 Å². The molecule has 1 aromatic rings. The second-order valence-corrected chi connectivity index (χ2v) is 9.70. The molecule has 2 aliphatic rings. The first-order valence-corrected chi connectivity index (χ1v) is 11.5. The van der Waals surface area contributed by atoms with Gasteiger partial charge in [0.1, 0.15) is 0 Å². The van der Waals surface area contributed by atoms with Gasteiger partial charge in [0, 0.05) is 37.1 Å². The van der Waals surface area contributed by atoms with E-state index < -0.39 is 10.0 Å². The average molecular weight is 399 g/mol. The van der Waals surface area contributed by atoms with E-state index in [0.29, 0.717) is 36.5 Å². The molecule has 0 N–H and O–H groups in total. The monoisotopic (exact) mass is 398 g/mol. The molecular formula is C19H27ClN2O3S. The van der Waals surface area contributed by atoms with Crippen LogP contribution in [0.2, 0.25) is 5.02 Å². The van der Waals surface area contributed by atoms with Gasteiger partial charge in [0.05, 0.1) is 5.75 Å². The number of amides is 1. The number of carbonyl (C=O) groups excluding carboxylic acids is 1. The molecule has 26 heavy (non-hydrogen) atoms. The maximum absolute atomic E-state index is 12.7. The summed E-state index contributed by atoms with van der Waals surface area (Å²) >= 11 is 5.95. The highest BCUT2D eigenvalue weighted by molar-refractivity contribution is 7.88. The van der Waals surface area contributed by atoms with Crippen molar-refractivity contribution in [3.8, 4) is 0 Å². The lowest BCUT2D eigenvalue weighted by Crippen LogP contribution is -2.44. The number of hydrogen-bond donors (Lipinski definition) is 0. The first-order valence-electron chi connectivity index (χ1n) is 9.47. The summed E-state index contributed by atoms with van der Waals surface area (Å²) in [6.45, 7) is 2.55. The predicted molar refractivity (Wildman–Crippen MR) is 103 cm³/mol. The lowest BCUT2D eigenvalue weighted by atomic mass is 9.96. The summed E-state index contributed by atoms with van der Waals surface area (Å²) in [4.78, 5) is 14.7. The fourth-order valence-corrected chi connectivity index (χ4v) is 5.62. The Morgan fingerprint density at radius 1 is 1.04 bits per heavy atom. The molecule has 2 heterocycles. The maximum atomic E-state index is 12.7. The zero-order valence-electron chi connectivity index (χ0n) is 15.1. The van der Waals surface area contributed by atoms with Crippen LogP contribution in [0.1, 0.15) is 44.1 Å². The zero-order valence-corrected chi connectivity index (χ0v) is 16.6. The van der Waals surface area contributed by atoms with E-state index in [1.807, 2.05) is 4.90 Å². The molecule has 1 aromatic carbocycles. The van der Waals surface area contributed by atoms with E-state index in [-0.39, 0.29) is 17.6 Å². The highest BCUT2D eigenvalue weighted by atomic mass is 35.5. The topological polar surface area (TPSA) is 57.7 Å². The predicted octanol–water partition coefficient (Wildman–Crippen LogP) is 3.28. The van der Waals surface area contributed by atoms with Crippen LogP contribution in [-0.4, -0.2) is 49.7 Å². The van der Waals surface area contributed by atoms with E-state index >= 15 is 0 Å². The zero-order chi connectivity index (χ0) is 18.6. The molecule has 0 aliphatic carbocycles. The molecule has 2 fully saturated rings. The van der Waals surface area contributed by atoms with Crippen LogP contribution in [0.3, 0.4) is 0 Å². The van der Waals surface area contributed by atoms with E-state index in [2.05, 4.69) is 0 Å². The number of nitrogens with zero attached hydrogens (tertiary/aromatic N) is 2. The summed E-state index contributed by atoms with van der Waals surface area (Å²) in [5.41, 5.74) is 0.695. The van der Waals surface area contributed by atoms with Gasteiger partial charge in [-0.1, -0.05) is 36.6 Å². The molecule has 2 aliphatic heterocycles. The van der Waals surface area contributed by atoms with Crippen molar-refractivity contribution < 1.29 is 13.2 Å². The summed E-state index contributed by atoms with van der Waals surface area (Å²) in [6, 6.07) is 6.96. The third-order valence-electron chi connectivity index (χ3n) is 5.35. The number of piperidine rings is 1. The third kappa shape index (κ3) is 4.99. The molecular weight excluding hydrogens is 372 g/mol.